The highest BCUT2D eigenvalue weighted by Gasteiger charge is 2.07. The molecule has 0 spiro atoms. The van der Waals surface area contributed by atoms with E-state index in [1.54, 1.807) is 36.4 Å². The molecule has 6 heteroatoms. The fraction of sp³-hybridized carbons (Fsp3) is 0.0526. The molecule has 0 fully saturated rings. The lowest BCUT2D eigenvalue weighted by atomic mass is 10.1. The Balaban J connectivity index is 1.66. The predicted octanol–water partition coefficient (Wildman–Crippen LogP) is 5.33. The fourth-order valence-corrected chi connectivity index (χ4v) is 2.45. The summed E-state index contributed by atoms with van der Waals surface area (Å²) in [6.45, 7) is 1.96. The Bertz CT molecular complexity index is 931. The van der Waals surface area contributed by atoms with Gasteiger partial charge in [0.2, 0.25) is 0 Å². The van der Waals surface area contributed by atoms with Crippen LogP contribution in [0.25, 0.3) is 11.3 Å². The summed E-state index contributed by atoms with van der Waals surface area (Å²) in [5.41, 5.74) is 4.90. The third-order valence-corrected chi connectivity index (χ3v) is 4.24. The molecule has 4 nitrogen and oxygen atoms in total. The second kappa shape index (κ2) is 7.55. The molecule has 0 aliphatic carbocycles. The topological polar surface area (TPSA) is 54.6 Å². The molecule has 0 bridgehead atoms. The van der Waals surface area contributed by atoms with E-state index in [2.05, 4.69) is 10.5 Å². The van der Waals surface area contributed by atoms with Crippen molar-refractivity contribution in [2.24, 2.45) is 5.10 Å². The molecule has 0 saturated heterocycles. The Kier molecular flexibility index (Phi) is 5.22. The molecule has 1 N–H and O–H groups in total. The molecule has 1 heterocycles. The maximum Gasteiger partial charge on any atom is 0.271 e. The molecule has 0 aliphatic rings. The summed E-state index contributed by atoms with van der Waals surface area (Å²) in [6.07, 6.45) is 1.44. The van der Waals surface area contributed by atoms with Crippen LogP contribution in [-0.4, -0.2) is 12.1 Å². The van der Waals surface area contributed by atoms with Crippen LogP contribution in [0.4, 0.5) is 0 Å². The van der Waals surface area contributed by atoms with Crippen LogP contribution in [0, 0.1) is 6.92 Å². The lowest BCUT2D eigenvalue weighted by molar-refractivity contribution is 0.0955. The first-order chi connectivity index (χ1) is 12.0. The highest BCUT2D eigenvalue weighted by atomic mass is 35.5. The van der Waals surface area contributed by atoms with E-state index in [-0.39, 0.29) is 5.91 Å². The summed E-state index contributed by atoms with van der Waals surface area (Å²) < 4.78 is 5.67. The lowest BCUT2D eigenvalue weighted by Gasteiger charge is -2.00. The predicted molar refractivity (Wildman–Crippen MR) is 100 cm³/mol. The Morgan fingerprint density at radius 2 is 1.80 bits per heavy atom. The van der Waals surface area contributed by atoms with E-state index in [0.29, 0.717) is 27.1 Å². The van der Waals surface area contributed by atoms with Crippen molar-refractivity contribution in [1.29, 1.82) is 0 Å². The van der Waals surface area contributed by atoms with Gasteiger partial charge in [0.15, 0.2) is 0 Å². The minimum absolute atomic E-state index is 0.285. The summed E-state index contributed by atoms with van der Waals surface area (Å²) in [5, 5.41) is 4.85. The van der Waals surface area contributed by atoms with Crippen molar-refractivity contribution < 1.29 is 9.21 Å². The number of aryl methyl sites for hydroxylation is 1. The number of rotatable bonds is 4. The maximum absolute atomic E-state index is 12.0. The van der Waals surface area contributed by atoms with Gasteiger partial charge in [-0.1, -0.05) is 40.9 Å². The van der Waals surface area contributed by atoms with E-state index < -0.39 is 0 Å². The minimum Gasteiger partial charge on any atom is -0.455 e. The number of amides is 1. The first-order valence-corrected chi connectivity index (χ1v) is 8.24. The molecule has 2 aromatic carbocycles. The van der Waals surface area contributed by atoms with Crippen molar-refractivity contribution >= 4 is 35.3 Å². The molecule has 126 valence electrons. The van der Waals surface area contributed by atoms with Gasteiger partial charge in [0.1, 0.15) is 11.5 Å². The van der Waals surface area contributed by atoms with Gasteiger partial charge >= 0.3 is 0 Å². The van der Waals surface area contributed by atoms with Gasteiger partial charge in [0, 0.05) is 11.1 Å². The molecule has 1 amide bonds. The Labute approximate surface area is 155 Å². The number of hydrogen-bond donors (Lipinski definition) is 1. The number of hydrazone groups is 1. The smallest absolute Gasteiger partial charge is 0.271 e. The number of nitrogens with one attached hydrogen (secondary N) is 1. The van der Waals surface area contributed by atoms with Crippen LogP contribution < -0.4 is 5.43 Å². The van der Waals surface area contributed by atoms with Crippen molar-refractivity contribution in [3.8, 4) is 11.3 Å². The van der Waals surface area contributed by atoms with Gasteiger partial charge in [0.25, 0.3) is 5.91 Å². The molecule has 0 radical (unpaired) electrons. The van der Waals surface area contributed by atoms with Gasteiger partial charge in [-0.15, -0.1) is 0 Å². The second-order valence-corrected chi connectivity index (χ2v) is 6.21. The van der Waals surface area contributed by atoms with Crippen LogP contribution in [0.2, 0.25) is 10.0 Å². The normalized spacial score (nSPS) is 11.0. The zero-order valence-corrected chi connectivity index (χ0v) is 14.8. The highest BCUT2D eigenvalue weighted by molar-refractivity contribution is 6.42. The Morgan fingerprint density at radius 1 is 1.04 bits per heavy atom. The number of nitrogens with zero attached hydrogens (tertiary/aromatic N) is 1. The third-order valence-electron chi connectivity index (χ3n) is 3.50. The monoisotopic (exact) mass is 372 g/mol. The van der Waals surface area contributed by atoms with E-state index in [9.17, 15) is 4.79 Å². The maximum atomic E-state index is 12.0. The zero-order valence-electron chi connectivity index (χ0n) is 13.3. The van der Waals surface area contributed by atoms with Crippen LogP contribution in [0.15, 0.2) is 64.1 Å². The molecule has 1 aromatic heterocycles. The van der Waals surface area contributed by atoms with Gasteiger partial charge in [0.05, 0.1) is 16.3 Å². The standard InChI is InChI=1S/C19H14Cl2N2O2/c1-12-2-4-13(5-3-12)19(24)23-22-11-15-7-9-18(25-15)14-6-8-16(20)17(21)10-14/h2-11H,1H3,(H,23,24)/b22-11+. The summed E-state index contributed by atoms with van der Waals surface area (Å²) >= 11 is 11.9. The molecule has 0 aliphatic heterocycles. The first-order valence-electron chi connectivity index (χ1n) is 7.48. The number of hydrogen-bond acceptors (Lipinski definition) is 3. The first kappa shape index (κ1) is 17.3. The van der Waals surface area contributed by atoms with E-state index in [0.717, 1.165) is 11.1 Å². The fourth-order valence-electron chi connectivity index (χ4n) is 2.15. The molecule has 0 saturated carbocycles. The molecule has 25 heavy (non-hydrogen) atoms. The average molecular weight is 373 g/mol. The highest BCUT2D eigenvalue weighted by Crippen LogP contribution is 2.29. The second-order valence-electron chi connectivity index (χ2n) is 5.40. The molecule has 3 rings (SSSR count). The van der Waals surface area contributed by atoms with E-state index >= 15 is 0 Å². The Hall–Kier alpha value is -2.56. The number of furan rings is 1. The van der Waals surface area contributed by atoms with Crippen molar-refractivity contribution in [2.45, 2.75) is 6.92 Å². The van der Waals surface area contributed by atoms with Crippen molar-refractivity contribution in [3.05, 3.63) is 81.5 Å². The lowest BCUT2D eigenvalue weighted by Crippen LogP contribution is -2.17. The summed E-state index contributed by atoms with van der Waals surface area (Å²) in [7, 11) is 0. The largest absolute Gasteiger partial charge is 0.455 e. The van der Waals surface area contributed by atoms with Gasteiger partial charge in [-0.05, 0) is 49.4 Å². The number of carbonyl (C=O) groups excluding carboxylic acids is 1. The quantitative estimate of drug-likeness (QED) is 0.497. The van der Waals surface area contributed by atoms with Crippen LogP contribution in [-0.2, 0) is 0 Å². The van der Waals surface area contributed by atoms with Gasteiger partial charge in [-0.25, -0.2) is 5.43 Å². The summed E-state index contributed by atoms with van der Waals surface area (Å²) in [5.74, 6) is 0.850. The number of benzene rings is 2. The molecule has 0 unspecified atom stereocenters. The van der Waals surface area contributed by atoms with Crippen LogP contribution in [0.1, 0.15) is 21.7 Å². The number of carbonyl (C=O) groups is 1. The SMILES string of the molecule is Cc1ccc(C(=O)N/N=C/c2ccc(-c3ccc(Cl)c(Cl)c3)o2)cc1. The van der Waals surface area contributed by atoms with Crippen molar-refractivity contribution in [2.75, 3.05) is 0 Å². The van der Waals surface area contributed by atoms with E-state index in [4.69, 9.17) is 27.6 Å². The van der Waals surface area contributed by atoms with Gasteiger partial charge in [-0.2, -0.15) is 5.10 Å². The number of halogens is 2. The van der Waals surface area contributed by atoms with Gasteiger partial charge < -0.3 is 4.42 Å². The third kappa shape index (κ3) is 4.29. The molecular weight excluding hydrogens is 359 g/mol. The molecule has 0 atom stereocenters. The average Bonchev–Trinajstić information content (AvgIpc) is 3.07. The minimum atomic E-state index is -0.285. The van der Waals surface area contributed by atoms with E-state index in [1.165, 1.54) is 6.21 Å². The zero-order chi connectivity index (χ0) is 17.8. The van der Waals surface area contributed by atoms with E-state index in [1.807, 2.05) is 25.1 Å². The van der Waals surface area contributed by atoms with Crippen molar-refractivity contribution in [3.63, 3.8) is 0 Å². The van der Waals surface area contributed by atoms with Crippen molar-refractivity contribution in [1.82, 2.24) is 5.43 Å². The Morgan fingerprint density at radius 3 is 2.52 bits per heavy atom. The van der Waals surface area contributed by atoms with Gasteiger partial charge in [-0.3, -0.25) is 4.79 Å². The van der Waals surface area contributed by atoms with Crippen LogP contribution >= 0.6 is 23.2 Å². The summed E-state index contributed by atoms with van der Waals surface area (Å²) in [6, 6.07) is 16.0. The molecule has 3 aromatic rings. The van der Waals surface area contributed by atoms with Crippen LogP contribution in [0.3, 0.4) is 0 Å². The van der Waals surface area contributed by atoms with Crippen LogP contribution in [0.5, 0.6) is 0 Å². The summed E-state index contributed by atoms with van der Waals surface area (Å²) in [4.78, 5) is 12.0. The molecular formula is C19H14Cl2N2O2.